The van der Waals surface area contributed by atoms with Gasteiger partial charge in [-0.2, -0.15) is 5.26 Å². The molecule has 2 aromatic rings. The van der Waals surface area contributed by atoms with Crippen molar-refractivity contribution < 1.29 is 0 Å². The van der Waals surface area contributed by atoms with E-state index < -0.39 is 0 Å². The molecule has 0 amide bonds. The summed E-state index contributed by atoms with van der Waals surface area (Å²) < 4.78 is 4.71. The zero-order chi connectivity index (χ0) is 11.4. The van der Waals surface area contributed by atoms with Gasteiger partial charge in [-0.1, -0.05) is 20.4 Å². The molecule has 0 unspecified atom stereocenters. The zero-order valence-corrected chi connectivity index (χ0v) is 10.5. The lowest BCUT2D eigenvalue weighted by molar-refractivity contribution is 0.998. The molecule has 6 heteroatoms. The van der Waals surface area contributed by atoms with Crippen molar-refractivity contribution >= 4 is 33.1 Å². The Labute approximate surface area is 105 Å². The highest BCUT2D eigenvalue weighted by molar-refractivity contribution is 9.10. The van der Waals surface area contributed by atoms with Gasteiger partial charge in [0.2, 0.25) is 0 Å². The van der Waals surface area contributed by atoms with Gasteiger partial charge in [-0.15, -0.1) is 5.10 Å². The number of nitrogens with zero attached hydrogens (tertiary/aromatic N) is 3. The summed E-state index contributed by atoms with van der Waals surface area (Å²) >= 11 is 4.68. The van der Waals surface area contributed by atoms with E-state index in [1.807, 2.05) is 17.5 Å². The zero-order valence-electron chi connectivity index (χ0n) is 8.14. The molecule has 0 aliphatic rings. The molecule has 80 valence electrons. The third kappa shape index (κ3) is 2.56. The molecule has 0 bridgehead atoms. The highest BCUT2D eigenvalue weighted by Crippen LogP contribution is 2.21. The van der Waals surface area contributed by atoms with Crippen LogP contribution in [0.2, 0.25) is 0 Å². The number of rotatable bonds is 3. The summed E-state index contributed by atoms with van der Waals surface area (Å²) in [5.41, 5.74) is 2.28. The van der Waals surface area contributed by atoms with E-state index in [4.69, 9.17) is 5.26 Å². The molecule has 0 spiro atoms. The number of anilines is 1. The van der Waals surface area contributed by atoms with E-state index in [2.05, 4.69) is 36.9 Å². The predicted molar refractivity (Wildman–Crippen MR) is 66.1 cm³/mol. The Bertz CT molecular complexity index is 518. The van der Waals surface area contributed by atoms with Crippen molar-refractivity contribution in [2.24, 2.45) is 0 Å². The smallest absolute Gasteiger partial charge is 0.101 e. The van der Waals surface area contributed by atoms with Crippen LogP contribution in [-0.4, -0.2) is 9.59 Å². The fourth-order valence-corrected chi connectivity index (χ4v) is 2.02. The second-order valence-corrected chi connectivity index (χ2v) is 4.58. The molecular weight excluding hydrogens is 288 g/mol. The third-order valence-corrected chi connectivity index (χ3v) is 3.01. The van der Waals surface area contributed by atoms with Crippen molar-refractivity contribution in [2.75, 3.05) is 5.32 Å². The maximum Gasteiger partial charge on any atom is 0.101 e. The van der Waals surface area contributed by atoms with Crippen LogP contribution >= 0.6 is 27.5 Å². The number of benzene rings is 1. The van der Waals surface area contributed by atoms with Crippen molar-refractivity contribution in [2.45, 2.75) is 6.54 Å². The molecule has 0 atom stereocenters. The third-order valence-electron chi connectivity index (χ3n) is 1.97. The minimum Gasteiger partial charge on any atom is -0.378 e. The van der Waals surface area contributed by atoms with E-state index in [1.165, 1.54) is 11.5 Å². The van der Waals surface area contributed by atoms with Crippen LogP contribution in [0.3, 0.4) is 0 Å². The second kappa shape index (κ2) is 5.05. The van der Waals surface area contributed by atoms with Gasteiger partial charge in [-0.25, -0.2) is 0 Å². The van der Waals surface area contributed by atoms with Crippen LogP contribution in [0.1, 0.15) is 11.3 Å². The number of hydrogen-bond donors (Lipinski definition) is 1. The number of nitrogens with one attached hydrogen (secondary N) is 1. The van der Waals surface area contributed by atoms with Gasteiger partial charge in [0.1, 0.15) is 6.07 Å². The van der Waals surface area contributed by atoms with E-state index in [0.717, 1.165) is 15.9 Å². The van der Waals surface area contributed by atoms with Crippen LogP contribution in [0, 0.1) is 11.3 Å². The topological polar surface area (TPSA) is 61.6 Å². The second-order valence-electron chi connectivity index (χ2n) is 3.05. The van der Waals surface area contributed by atoms with Crippen molar-refractivity contribution in [1.82, 2.24) is 9.59 Å². The number of hydrogen-bond acceptors (Lipinski definition) is 5. The molecule has 4 nitrogen and oxygen atoms in total. The average Bonchev–Trinajstić information content (AvgIpc) is 2.79. The lowest BCUT2D eigenvalue weighted by Crippen LogP contribution is -2.01. The van der Waals surface area contributed by atoms with E-state index in [-0.39, 0.29) is 0 Å². The Morgan fingerprint density at radius 3 is 3.06 bits per heavy atom. The van der Waals surface area contributed by atoms with Crippen LogP contribution in [0.15, 0.2) is 28.1 Å². The number of nitriles is 1. The summed E-state index contributed by atoms with van der Waals surface area (Å²) in [7, 11) is 0. The van der Waals surface area contributed by atoms with Gasteiger partial charge < -0.3 is 5.32 Å². The maximum atomic E-state index is 8.94. The van der Waals surface area contributed by atoms with Crippen LogP contribution < -0.4 is 5.32 Å². The summed E-state index contributed by atoms with van der Waals surface area (Å²) in [5.74, 6) is 0. The fourth-order valence-electron chi connectivity index (χ4n) is 1.21. The molecule has 0 fully saturated rings. The molecular formula is C10H7BrN4S. The van der Waals surface area contributed by atoms with Gasteiger partial charge in [0, 0.05) is 9.85 Å². The molecule has 1 aromatic heterocycles. The van der Waals surface area contributed by atoms with E-state index in [0.29, 0.717) is 12.1 Å². The summed E-state index contributed by atoms with van der Waals surface area (Å²) in [5, 5.41) is 17.9. The monoisotopic (exact) mass is 294 g/mol. The lowest BCUT2D eigenvalue weighted by Gasteiger charge is -2.06. The van der Waals surface area contributed by atoms with Gasteiger partial charge in [-0.3, -0.25) is 0 Å². The number of halogens is 1. The Morgan fingerprint density at radius 2 is 2.38 bits per heavy atom. The van der Waals surface area contributed by atoms with Gasteiger partial charge in [0.15, 0.2) is 0 Å². The normalized spacial score (nSPS) is 9.75. The summed E-state index contributed by atoms with van der Waals surface area (Å²) in [6.07, 6.45) is 0. The minimum atomic E-state index is 0.571. The first-order valence-corrected chi connectivity index (χ1v) is 6.12. The van der Waals surface area contributed by atoms with E-state index in [1.54, 1.807) is 6.07 Å². The molecule has 0 radical (unpaired) electrons. The molecule has 2 rings (SSSR count). The summed E-state index contributed by atoms with van der Waals surface area (Å²) in [6, 6.07) is 7.62. The van der Waals surface area contributed by atoms with Crippen LogP contribution in [0.5, 0.6) is 0 Å². The molecule has 1 N–H and O–H groups in total. The van der Waals surface area contributed by atoms with Crippen molar-refractivity contribution in [3.05, 3.63) is 39.3 Å². The maximum absolute atomic E-state index is 8.94. The highest BCUT2D eigenvalue weighted by atomic mass is 79.9. The predicted octanol–water partition coefficient (Wildman–Crippen LogP) is 2.78. The molecule has 0 saturated carbocycles. The molecule has 0 aliphatic heterocycles. The summed E-state index contributed by atoms with van der Waals surface area (Å²) in [6.45, 7) is 0.571. The Balaban J connectivity index is 2.15. The largest absolute Gasteiger partial charge is 0.378 e. The van der Waals surface area contributed by atoms with E-state index >= 15 is 0 Å². The van der Waals surface area contributed by atoms with Crippen molar-refractivity contribution in [1.29, 1.82) is 5.26 Å². The number of aromatic nitrogens is 2. The Morgan fingerprint density at radius 1 is 1.50 bits per heavy atom. The first kappa shape index (κ1) is 11.0. The Kier molecular flexibility index (Phi) is 3.49. The molecule has 0 saturated heterocycles. The average molecular weight is 295 g/mol. The van der Waals surface area contributed by atoms with Gasteiger partial charge in [-0.05, 0) is 29.7 Å². The van der Waals surface area contributed by atoms with Crippen LogP contribution in [0.25, 0.3) is 0 Å². The van der Waals surface area contributed by atoms with Crippen LogP contribution in [-0.2, 0) is 6.54 Å². The molecule has 1 aromatic carbocycles. The molecule has 1 heterocycles. The van der Waals surface area contributed by atoms with Crippen LogP contribution in [0.4, 0.5) is 5.69 Å². The van der Waals surface area contributed by atoms with Crippen molar-refractivity contribution in [3.8, 4) is 6.07 Å². The lowest BCUT2D eigenvalue weighted by atomic mass is 10.2. The van der Waals surface area contributed by atoms with Gasteiger partial charge in [0.25, 0.3) is 0 Å². The highest BCUT2D eigenvalue weighted by Gasteiger charge is 2.03. The van der Waals surface area contributed by atoms with Gasteiger partial charge in [0.05, 0.1) is 23.5 Å². The Hall–Kier alpha value is -1.45. The standard InChI is InChI=1S/C10H7BrN4S/c11-8-2-1-7(4-12)10(3-8)13-5-9-6-16-15-14-9/h1-3,6,13H,5H2. The first-order chi connectivity index (χ1) is 7.79. The quantitative estimate of drug-likeness (QED) is 0.945. The molecule has 0 aliphatic carbocycles. The summed E-state index contributed by atoms with van der Waals surface area (Å²) in [4.78, 5) is 0. The molecule has 16 heavy (non-hydrogen) atoms. The van der Waals surface area contributed by atoms with Gasteiger partial charge >= 0.3 is 0 Å². The SMILES string of the molecule is N#Cc1ccc(Br)cc1NCc1csnn1. The minimum absolute atomic E-state index is 0.571. The first-order valence-electron chi connectivity index (χ1n) is 4.49. The fraction of sp³-hybridized carbons (Fsp3) is 0.100. The van der Waals surface area contributed by atoms with E-state index in [9.17, 15) is 0 Å². The van der Waals surface area contributed by atoms with Crippen molar-refractivity contribution in [3.63, 3.8) is 0 Å².